The van der Waals surface area contributed by atoms with Crippen LogP contribution in [0.5, 0.6) is 0 Å². The summed E-state index contributed by atoms with van der Waals surface area (Å²) in [5.41, 5.74) is -4.22. The first kappa shape index (κ1) is 26.9. The minimum Gasteiger partial charge on any atom is -0.481 e. The van der Waals surface area contributed by atoms with Crippen LogP contribution in [0.15, 0.2) is 0 Å². The fourth-order valence-corrected chi connectivity index (χ4v) is 11.8. The van der Waals surface area contributed by atoms with E-state index in [1.807, 2.05) is 0 Å². The Morgan fingerprint density at radius 3 is 2.11 bits per heavy atom. The number of aliphatic hydroxyl groups excluding tert-OH is 3. The molecule has 0 spiro atoms. The highest BCUT2D eigenvalue weighted by molar-refractivity contribution is 5.76. The van der Waals surface area contributed by atoms with Gasteiger partial charge in [0.05, 0.1) is 23.7 Å². The van der Waals surface area contributed by atoms with Gasteiger partial charge in [-0.25, -0.2) is 0 Å². The van der Waals surface area contributed by atoms with Gasteiger partial charge < -0.3 is 25.5 Å². The van der Waals surface area contributed by atoms with E-state index < -0.39 is 52.0 Å². The Balaban J connectivity index is 1.66. The minimum absolute atomic E-state index is 0.00761. The number of carboxylic acid groups (broad SMARTS) is 1. The molecule has 2 unspecified atom stereocenters. The van der Waals surface area contributed by atoms with Crippen LogP contribution in [0.2, 0.25) is 0 Å². The lowest BCUT2D eigenvalue weighted by atomic mass is 9.29. The highest BCUT2D eigenvalue weighted by Crippen LogP contribution is 2.78. The maximum atomic E-state index is 12.9. The smallest absolute Gasteiger partial charge is 0.310 e. The molecule has 0 radical (unpaired) electrons. The molecule has 0 heterocycles. The van der Waals surface area contributed by atoms with Crippen molar-refractivity contribution >= 4 is 5.97 Å². The summed E-state index contributed by atoms with van der Waals surface area (Å²) in [4.78, 5) is 12.9. The molecule has 0 amide bonds. The predicted molar refractivity (Wildman–Crippen MR) is 137 cm³/mol. The van der Waals surface area contributed by atoms with Crippen LogP contribution in [0.25, 0.3) is 0 Å². The Kier molecular flexibility index (Phi) is 5.75. The lowest BCUT2D eigenvalue weighted by molar-refractivity contribution is -0.350. The Labute approximate surface area is 216 Å². The van der Waals surface area contributed by atoms with Gasteiger partial charge in [0.25, 0.3) is 0 Å². The Morgan fingerprint density at radius 1 is 0.861 bits per heavy atom. The zero-order valence-corrected chi connectivity index (χ0v) is 23.4. The van der Waals surface area contributed by atoms with Crippen LogP contribution in [0.1, 0.15) is 99.8 Å². The van der Waals surface area contributed by atoms with Gasteiger partial charge in [0, 0.05) is 11.3 Å². The summed E-state index contributed by atoms with van der Waals surface area (Å²) < 4.78 is 0. The molecule has 5 aliphatic rings. The number of aliphatic hydroxyl groups is 4. The molecule has 0 bridgehead atoms. The second-order valence-electron chi connectivity index (χ2n) is 15.3. The third-order valence-corrected chi connectivity index (χ3v) is 14.1. The predicted octanol–water partition coefficient (Wildman–Crippen LogP) is 4.23. The summed E-state index contributed by atoms with van der Waals surface area (Å²) in [5, 5.41) is 57.4. The molecule has 6 heteroatoms. The molecule has 5 N–H and O–H groups in total. The van der Waals surface area contributed by atoms with E-state index in [9.17, 15) is 30.3 Å². The lowest BCUT2D eigenvalue weighted by Gasteiger charge is -2.76. The summed E-state index contributed by atoms with van der Waals surface area (Å²) in [7, 11) is 0. The molecule has 5 fully saturated rings. The van der Waals surface area contributed by atoms with Crippen LogP contribution >= 0.6 is 0 Å². The van der Waals surface area contributed by atoms with Crippen LogP contribution in [-0.2, 0) is 4.79 Å². The maximum Gasteiger partial charge on any atom is 0.310 e. The van der Waals surface area contributed by atoms with Crippen molar-refractivity contribution in [1.29, 1.82) is 0 Å². The molecule has 6 nitrogen and oxygen atoms in total. The lowest BCUT2D eigenvalue weighted by Crippen LogP contribution is -2.79. The summed E-state index contributed by atoms with van der Waals surface area (Å²) >= 11 is 0. The SMILES string of the molecule is C[C@H]1[C@H](C)CC[C@]2(C(=O)O)CC[C@]3(C)[C@@](O)([C@H](O)CC4[C@@]5(C)C[C@@H](O)[C@H](O)C(C)(C)C5CC[C@]43C)[C@H]12. The molecule has 5 aliphatic carbocycles. The van der Waals surface area contributed by atoms with Gasteiger partial charge in [-0.2, -0.15) is 0 Å². The van der Waals surface area contributed by atoms with Crippen LogP contribution in [0.4, 0.5) is 0 Å². The molecular formula is C30H50O6. The van der Waals surface area contributed by atoms with Crippen LogP contribution in [0, 0.1) is 56.7 Å². The quantitative estimate of drug-likeness (QED) is 0.363. The fraction of sp³-hybridized carbons (Fsp3) is 0.967. The van der Waals surface area contributed by atoms with E-state index >= 15 is 0 Å². The van der Waals surface area contributed by atoms with Crippen LogP contribution < -0.4 is 0 Å². The summed E-state index contributed by atoms with van der Waals surface area (Å²) in [6, 6.07) is 0. The van der Waals surface area contributed by atoms with Crippen molar-refractivity contribution < 1.29 is 30.3 Å². The highest BCUT2D eigenvalue weighted by atomic mass is 16.4. The molecule has 0 aromatic rings. The molecule has 5 rings (SSSR count). The van der Waals surface area contributed by atoms with Crippen molar-refractivity contribution in [2.45, 2.75) is 124 Å². The zero-order chi connectivity index (χ0) is 26.9. The molecule has 36 heavy (non-hydrogen) atoms. The average molecular weight is 507 g/mol. The van der Waals surface area contributed by atoms with Crippen molar-refractivity contribution in [1.82, 2.24) is 0 Å². The van der Waals surface area contributed by atoms with E-state index in [0.717, 1.165) is 19.3 Å². The van der Waals surface area contributed by atoms with E-state index in [0.29, 0.717) is 32.1 Å². The first-order chi connectivity index (χ1) is 16.4. The molecule has 0 aliphatic heterocycles. The van der Waals surface area contributed by atoms with Gasteiger partial charge in [-0.1, -0.05) is 48.5 Å². The van der Waals surface area contributed by atoms with E-state index in [4.69, 9.17) is 0 Å². The van der Waals surface area contributed by atoms with Gasteiger partial charge in [-0.3, -0.25) is 4.79 Å². The van der Waals surface area contributed by atoms with Gasteiger partial charge in [0.2, 0.25) is 0 Å². The number of hydrogen-bond acceptors (Lipinski definition) is 5. The minimum atomic E-state index is -1.49. The van der Waals surface area contributed by atoms with Crippen LogP contribution in [0.3, 0.4) is 0 Å². The third-order valence-electron chi connectivity index (χ3n) is 14.1. The zero-order valence-electron chi connectivity index (χ0n) is 23.4. The topological polar surface area (TPSA) is 118 Å². The van der Waals surface area contributed by atoms with Gasteiger partial charge in [-0.15, -0.1) is 0 Å². The summed E-state index contributed by atoms with van der Waals surface area (Å²) in [6.45, 7) is 15.1. The molecule has 13 atom stereocenters. The monoisotopic (exact) mass is 506 g/mol. The van der Waals surface area contributed by atoms with Crippen molar-refractivity contribution in [3.63, 3.8) is 0 Å². The molecule has 206 valence electrons. The van der Waals surface area contributed by atoms with E-state index in [2.05, 4.69) is 48.5 Å². The maximum absolute atomic E-state index is 12.9. The second-order valence-corrected chi connectivity index (χ2v) is 15.3. The fourth-order valence-electron chi connectivity index (χ4n) is 11.8. The number of fused-ring (bicyclic) bond motifs is 7. The van der Waals surface area contributed by atoms with Crippen molar-refractivity contribution in [3.8, 4) is 0 Å². The summed E-state index contributed by atoms with van der Waals surface area (Å²) in [5.74, 6) is -0.790. The van der Waals surface area contributed by atoms with Crippen molar-refractivity contribution in [2.75, 3.05) is 0 Å². The van der Waals surface area contributed by atoms with Crippen molar-refractivity contribution in [2.24, 2.45) is 56.7 Å². The largest absolute Gasteiger partial charge is 0.481 e. The van der Waals surface area contributed by atoms with Crippen LogP contribution in [-0.4, -0.2) is 55.4 Å². The molecule has 0 aromatic heterocycles. The standard InChI is InChI=1S/C30H50O6/c1-16-8-11-29(24(34)35)13-12-28(7)27(6)10-9-19-25(3,4)23(33)18(31)15-26(19,5)20(27)14-21(32)30(28,36)22(29)17(16)2/h16-23,31-33,36H,8-15H2,1-7H3,(H,34,35)/t16-,17+,18-,19?,20?,21-,22-,23+,26+,27-,28+,29+,30-/m1/s1. The Bertz CT molecular complexity index is 934. The number of rotatable bonds is 1. The molecule has 0 saturated heterocycles. The average Bonchev–Trinajstić information content (AvgIpc) is 2.78. The van der Waals surface area contributed by atoms with Crippen molar-refractivity contribution in [3.05, 3.63) is 0 Å². The Morgan fingerprint density at radius 2 is 1.50 bits per heavy atom. The number of hydrogen-bond donors (Lipinski definition) is 5. The number of aliphatic carboxylic acids is 1. The normalized spacial score (nSPS) is 60.2. The summed E-state index contributed by atoms with van der Waals surface area (Å²) in [6.07, 6.45) is 2.52. The Hall–Kier alpha value is -0.690. The highest BCUT2D eigenvalue weighted by Gasteiger charge is 2.79. The van der Waals surface area contributed by atoms with Gasteiger partial charge in [0.15, 0.2) is 0 Å². The molecule has 0 aromatic carbocycles. The molecule has 5 saturated carbocycles. The first-order valence-corrected chi connectivity index (χ1v) is 14.4. The second kappa shape index (κ2) is 7.70. The van der Waals surface area contributed by atoms with Gasteiger partial charge >= 0.3 is 5.97 Å². The van der Waals surface area contributed by atoms with E-state index in [1.165, 1.54) is 0 Å². The van der Waals surface area contributed by atoms with Gasteiger partial charge in [0.1, 0.15) is 5.60 Å². The van der Waals surface area contributed by atoms with E-state index in [-0.39, 0.29) is 34.5 Å². The molecular weight excluding hydrogens is 456 g/mol. The van der Waals surface area contributed by atoms with E-state index in [1.54, 1.807) is 0 Å². The third kappa shape index (κ3) is 2.81. The number of carboxylic acids is 1. The number of carbonyl (C=O) groups is 1. The first-order valence-electron chi connectivity index (χ1n) is 14.4. The van der Waals surface area contributed by atoms with Gasteiger partial charge in [-0.05, 0) is 91.3 Å².